The Morgan fingerprint density at radius 3 is 2.60 bits per heavy atom. The molecule has 1 N–H and O–H groups in total. The highest BCUT2D eigenvalue weighted by Crippen LogP contribution is 2.29. The van der Waals surface area contributed by atoms with E-state index in [0.29, 0.717) is 43.1 Å². The highest BCUT2D eigenvalue weighted by atomic mass is 19.4. The minimum atomic E-state index is -4.40. The topological polar surface area (TPSA) is 48.5 Å². The van der Waals surface area contributed by atoms with Crippen LogP contribution in [0.1, 0.15) is 23.1 Å². The number of nitrogens with zero attached hydrogens (tertiary/aromatic N) is 3. The molecule has 1 amide bonds. The number of aryl methyl sites for hydroxylation is 1. The van der Waals surface area contributed by atoms with Gasteiger partial charge in [0.2, 0.25) is 5.91 Å². The third-order valence-corrected chi connectivity index (χ3v) is 5.08. The van der Waals surface area contributed by atoms with Crippen molar-refractivity contribution >= 4 is 11.7 Å². The predicted molar refractivity (Wildman–Crippen MR) is 105 cm³/mol. The van der Waals surface area contributed by atoms with Gasteiger partial charge in [-0.3, -0.25) is 9.69 Å². The van der Waals surface area contributed by atoms with E-state index in [1.165, 1.54) is 12.1 Å². The van der Waals surface area contributed by atoms with Gasteiger partial charge in [-0.05, 0) is 42.7 Å². The summed E-state index contributed by atoms with van der Waals surface area (Å²) in [7, 11) is 0. The molecule has 30 heavy (non-hydrogen) atoms. The third-order valence-electron chi connectivity index (χ3n) is 5.08. The molecule has 3 rings (SSSR count). The van der Waals surface area contributed by atoms with Crippen LogP contribution in [0, 0.1) is 12.7 Å². The van der Waals surface area contributed by atoms with Gasteiger partial charge in [0.05, 0.1) is 12.1 Å². The van der Waals surface area contributed by atoms with Gasteiger partial charge < -0.3 is 10.2 Å². The maximum absolute atomic E-state index is 13.6. The molecule has 2 aromatic rings. The molecule has 0 spiro atoms. The number of carbonyl (C=O) groups is 1. The molecular formula is C21H24F4N4O. The van der Waals surface area contributed by atoms with E-state index in [2.05, 4.69) is 10.3 Å². The molecular weight excluding hydrogens is 400 g/mol. The smallest absolute Gasteiger partial charge is 0.355 e. The first-order valence-corrected chi connectivity index (χ1v) is 9.74. The van der Waals surface area contributed by atoms with Crippen molar-refractivity contribution in [3.63, 3.8) is 0 Å². The summed E-state index contributed by atoms with van der Waals surface area (Å²) < 4.78 is 51.7. The first-order valence-electron chi connectivity index (χ1n) is 9.74. The average molecular weight is 424 g/mol. The fourth-order valence-electron chi connectivity index (χ4n) is 3.30. The maximum atomic E-state index is 13.6. The average Bonchev–Trinajstić information content (AvgIpc) is 2.94. The lowest BCUT2D eigenvalue weighted by Crippen LogP contribution is -2.39. The molecule has 0 atom stereocenters. The van der Waals surface area contributed by atoms with Crippen molar-refractivity contribution in [3.8, 4) is 0 Å². The van der Waals surface area contributed by atoms with Gasteiger partial charge in [0.15, 0.2) is 0 Å². The van der Waals surface area contributed by atoms with Gasteiger partial charge in [-0.25, -0.2) is 9.37 Å². The number of nitrogens with one attached hydrogen (secondary N) is 1. The minimum Gasteiger partial charge on any atom is -0.355 e. The van der Waals surface area contributed by atoms with Gasteiger partial charge in [-0.1, -0.05) is 12.1 Å². The first kappa shape index (κ1) is 22.0. The highest BCUT2D eigenvalue weighted by molar-refractivity contribution is 5.78. The number of amides is 1. The molecule has 2 heterocycles. The van der Waals surface area contributed by atoms with Crippen LogP contribution in [0.2, 0.25) is 0 Å². The van der Waals surface area contributed by atoms with Crippen LogP contribution in [0.3, 0.4) is 0 Å². The van der Waals surface area contributed by atoms with Crippen LogP contribution in [0.4, 0.5) is 23.4 Å². The quantitative estimate of drug-likeness (QED) is 0.748. The zero-order valence-electron chi connectivity index (χ0n) is 16.7. The van der Waals surface area contributed by atoms with Crippen LogP contribution in [0.15, 0.2) is 36.5 Å². The van der Waals surface area contributed by atoms with Crippen LogP contribution in [0.5, 0.6) is 0 Å². The van der Waals surface area contributed by atoms with E-state index in [1.807, 2.05) is 9.80 Å². The molecule has 1 aliphatic heterocycles. The first-order chi connectivity index (χ1) is 14.2. The van der Waals surface area contributed by atoms with E-state index in [4.69, 9.17) is 0 Å². The molecule has 0 unspecified atom stereocenters. The molecule has 162 valence electrons. The number of rotatable bonds is 5. The van der Waals surface area contributed by atoms with E-state index >= 15 is 0 Å². The Kier molecular flexibility index (Phi) is 6.91. The van der Waals surface area contributed by atoms with E-state index in [9.17, 15) is 22.4 Å². The zero-order valence-corrected chi connectivity index (χ0v) is 16.7. The molecule has 1 aliphatic rings. The van der Waals surface area contributed by atoms with Crippen LogP contribution in [0.25, 0.3) is 0 Å². The second-order valence-electron chi connectivity index (χ2n) is 7.38. The minimum absolute atomic E-state index is 0.155. The van der Waals surface area contributed by atoms with E-state index in [1.54, 1.807) is 19.1 Å². The number of alkyl halides is 3. The Morgan fingerprint density at radius 1 is 1.13 bits per heavy atom. The van der Waals surface area contributed by atoms with Crippen LogP contribution >= 0.6 is 0 Å². The van der Waals surface area contributed by atoms with Gasteiger partial charge in [0.25, 0.3) is 0 Å². The zero-order chi connectivity index (χ0) is 21.7. The van der Waals surface area contributed by atoms with Gasteiger partial charge in [0, 0.05) is 38.9 Å². The number of hydrogen-bond donors (Lipinski definition) is 1. The van der Waals surface area contributed by atoms with Gasteiger partial charge in [-0.2, -0.15) is 13.2 Å². The van der Waals surface area contributed by atoms with E-state index in [-0.39, 0.29) is 24.8 Å². The van der Waals surface area contributed by atoms with E-state index in [0.717, 1.165) is 18.7 Å². The second kappa shape index (κ2) is 9.42. The fourth-order valence-corrected chi connectivity index (χ4v) is 3.30. The Balaban J connectivity index is 1.48. The second-order valence-corrected chi connectivity index (χ2v) is 7.38. The fraction of sp³-hybridized carbons (Fsp3) is 0.429. The predicted octanol–water partition coefficient (Wildman–Crippen LogP) is 3.38. The Hall–Kier alpha value is -2.68. The van der Waals surface area contributed by atoms with Crippen molar-refractivity contribution in [2.24, 2.45) is 0 Å². The molecule has 0 saturated carbocycles. The standard InChI is InChI=1S/C21H24F4N4O/c1-15-3-4-16(11-18(15)22)12-27-20(30)14-28-7-2-8-29(10-9-28)19-6-5-17(13-26-19)21(23,24)25/h3-6,11,13H,2,7-10,12,14H2,1H3,(H,27,30). The lowest BCUT2D eigenvalue weighted by molar-refractivity contribution is -0.137. The Morgan fingerprint density at radius 2 is 1.93 bits per heavy atom. The lowest BCUT2D eigenvalue weighted by Gasteiger charge is -2.22. The molecule has 1 fully saturated rings. The Bertz CT molecular complexity index is 870. The maximum Gasteiger partial charge on any atom is 0.417 e. The van der Waals surface area contributed by atoms with E-state index < -0.39 is 11.7 Å². The summed E-state index contributed by atoms with van der Waals surface area (Å²) in [5.74, 6) is 0.0408. The number of pyridine rings is 1. The monoisotopic (exact) mass is 424 g/mol. The number of halogens is 4. The number of benzene rings is 1. The summed E-state index contributed by atoms with van der Waals surface area (Å²) >= 11 is 0. The lowest BCUT2D eigenvalue weighted by atomic mass is 10.1. The van der Waals surface area contributed by atoms with Gasteiger partial charge >= 0.3 is 6.18 Å². The van der Waals surface area contributed by atoms with Crippen molar-refractivity contribution in [1.29, 1.82) is 0 Å². The van der Waals surface area contributed by atoms with Crippen molar-refractivity contribution in [1.82, 2.24) is 15.2 Å². The normalized spacial score (nSPS) is 15.7. The van der Waals surface area contributed by atoms with Crippen molar-refractivity contribution in [2.75, 3.05) is 37.6 Å². The molecule has 5 nitrogen and oxygen atoms in total. The number of anilines is 1. The molecule has 1 aromatic carbocycles. The highest BCUT2D eigenvalue weighted by Gasteiger charge is 2.31. The summed E-state index contributed by atoms with van der Waals surface area (Å²) in [5.41, 5.74) is 0.483. The summed E-state index contributed by atoms with van der Waals surface area (Å²) in [5, 5.41) is 2.80. The molecule has 0 bridgehead atoms. The summed E-state index contributed by atoms with van der Waals surface area (Å²) in [6, 6.07) is 7.28. The van der Waals surface area contributed by atoms with Crippen LogP contribution < -0.4 is 10.2 Å². The molecule has 0 radical (unpaired) electrons. The Labute approximate surface area is 172 Å². The van der Waals surface area contributed by atoms with Crippen LogP contribution in [-0.4, -0.2) is 48.5 Å². The summed E-state index contributed by atoms with van der Waals surface area (Å²) in [6.07, 6.45) is -2.79. The summed E-state index contributed by atoms with van der Waals surface area (Å²) in [6.45, 7) is 4.65. The number of carbonyl (C=O) groups excluding carboxylic acids is 1. The van der Waals surface area contributed by atoms with Gasteiger partial charge in [-0.15, -0.1) is 0 Å². The van der Waals surface area contributed by atoms with Crippen molar-refractivity contribution in [2.45, 2.75) is 26.1 Å². The molecule has 0 aliphatic carbocycles. The number of hydrogen-bond acceptors (Lipinski definition) is 4. The summed E-state index contributed by atoms with van der Waals surface area (Å²) in [4.78, 5) is 20.1. The largest absolute Gasteiger partial charge is 0.417 e. The van der Waals surface area contributed by atoms with Crippen molar-refractivity contribution < 1.29 is 22.4 Å². The molecule has 9 heteroatoms. The van der Waals surface area contributed by atoms with Gasteiger partial charge in [0.1, 0.15) is 11.6 Å². The third kappa shape index (κ3) is 5.91. The van der Waals surface area contributed by atoms with Crippen molar-refractivity contribution in [3.05, 3.63) is 59.0 Å². The van der Waals surface area contributed by atoms with Crippen LogP contribution in [-0.2, 0) is 17.5 Å². The number of aromatic nitrogens is 1. The SMILES string of the molecule is Cc1ccc(CNC(=O)CN2CCCN(c3ccc(C(F)(F)F)cn3)CC2)cc1F. The molecule has 1 aromatic heterocycles. The molecule has 1 saturated heterocycles.